The Kier molecular flexibility index (Phi) is 3.87. The van der Waals surface area contributed by atoms with E-state index in [2.05, 4.69) is 5.32 Å². The first-order chi connectivity index (χ1) is 9.16. The van der Waals surface area contributed by atoms with Crippen LogP contribution in [0.2, 0.25) is 0 Å². The molecule has 1 aliphatic rings. The van der Waals surface area contributed by atoms with E-state index in [0.29, 0.717) is 0 Å². The fraction of sp³-hybridized carbons (Fsp3) is 0.0714. The fourth-order valence-electron chi connectivity index (χ4n) is 1.61. The monoisotopic (exact) mass is 256 g/mol. The first kappa shape index (κ1) is 12.8. The third kappa shape index (κ3) is 3.38. The quantitative estimate of drug-likeness (QED) is 0.509. The molecule has 1 aliphatic heterocycles. The van der Waals surface area contributed by atoms with Crippen LogP contribution in [0.25, 0.3) is 6.08 Å². The molecule has 0 spiro atoms. The van der Waals surface area contributed by atoms with E-state index in [4.69, 9.17) is 0 Å². The van der Waals surface area contributed by atoms with Crippen LogP contribution in [0.1, 0.15) is 5.56 Å². The van der Waals surface area contributed by atoms with Crippen molar-refractivity contribution in [1.29, 1.82) is 0 Å². The van der Waals surface area contributed by atoms with E-state index in [1.807, 2.05) is 6.08 Å². The maximum absolute atomic E-state index is 11.8. The standard InChI is InChI=1S/C14H12N2O3/c17-14(13-3-1-2-10-15-13)9-6-11-4-7-12(8-5-11)16(18)19/h1-10,13,15H. The molecule has 2 rings (SSSR count). The SMILES string of the molecule is O=C(C=Cc1ccc([N+](=O)[O-])cc1)C1C=CC=CN1. The minimum Gasteiger partial charge on any atom is -0.378 e. The molecule has 1 aromatic carbocycles. The van der Waals surface area contributed by atoms with Crippen LogP contribution in [0.3, 0.4) is 0 Å². The molecule has 1 heterocycles. The minimum absolute atomic E-state index is 0.0329. The summed E-state index contributed by atoms with van der Waals surface area (Å²) in [5, 5.41) is 13.4. The smallest absolute Gasteiger partial charge is 0.269 e. The molecule has 0 aromatic heterocycles. The Bertz CT molecular complexity index is 571. The Morgan fingerprint density at radius 1 is 1.26 bits per heavy atom. The van der Waals surface area contributed by atoms with Gasteiger partial charge in [-0.15, -0.1) is 0 Å². The van der Waals surface area contributed by atoms with E-state index in [0.717, 1.165) is 5.56 Å². The summed E-state index contributed by atoms with van der Waals surface area (Å²) in [6.45, 7) is 0. The summed E-state index contributed by atoms with van der Waals surface area (Å²) >= 11 is 0. The second kappa shape index (κ2) is 5.77. The highest BCUT2D eigenvalue weighted by Gasteiger charge is 2.11. The van der Waals surface area contributed by atoms with Gasteiger partial charge in [-0.25, -0.2) is 0 Å². The van der Waals surface area contributed by atoms with Crippen molar-refractivity contribution < 1.29 is 9.72 Å². The van der Waals surface area contributed by atoms with Gasteiger partial charge >= 0.3 is 0 Å². The molecular weight excluding hydrogens is 244 g/mol. The zero-order chi connectivity index (χ0) is 13.7. The second-order valence-corrected chi connectivity index (χ2v) is 3.97. The molecule has 0 bridgehead atoms. The fourth-order valence-corrected chi connectivity index (χ4v) is 1.61. The first-order valence-corrected chi connectivity index (χ1v) is 5.72. The number of allylic oxidation sites excluding steroid dienone is 2. The van der Waals surface area contributed by atoms with Crippen molar-refractivity contribution in [1.82, 2.24) is 5.32 Å². The highest BCUT2D eigenvalue weighted by molar-refractivity contribution is 5.99. The third-order valence-electron chi connectivity index (χ3n) is 2.64. The number of carbonyl (C=O) groups is 1. The Balaban J connectivity index is 2.02. The number of nitro benzene ring substituents is 1. The molecule has 0 radical (unpaired) electrons. The Morgan fingerprint density at radius 3 is 2.58 bits per heavy atom. The average Bonchev–Trinajstić information content (AvgIpc) is 2.46. The molecule has 19 heavy (non-hydrogen) atoms. The maximum Gasteiger partial charge on any atom is 0.269 e. The molecular formula is C14H12N2O3. The van der Waals surface area contributed by atoms with Crippen LogP contribution in [0.15, 0.2) is 54.8 Å². The van der Waals surface area contributed by atoms with Gasteiger partial charge in [-0.1, -0.05) is 18.2 Å². The summed E-state index contributed by atoms with van der Waals surface area (Å²) in [6.07, 6.45) is 10.2. The average molecular weight is 256 g/mol. The summed E-state index contributed by atoms with van der Waals surface area (Å²) in [4.78, 5) is 21.8. The summed E-state index contributed by atoms with van der Waals surface area (Å²) in [5.74, 6) is -0.0704. The largest absolute Gasteiger partial charge is 0.378 e. The van der Waals surface area contributed by atoms with Gasteiger partial charge in [0.15, 0.2) is 5.78 Å². The Labute approximate surface area is 110 Å². The lowest BCUT2D eigenvalue weighted by Gasteiger charge is -2.11. The molecule has 0 saturated heterocycles. The first-order valence-electron chi connectivity index (χ1n) is 5.72. The topological polar surface area (TPSA) is 72.2 Å². The van der Waals surface area contributed by atoms with E-state index in [1.165, 1.54) is 18.2 Å². The van der Waals surface area contributed by atoms with Gasteiger partial charge in [0.2, 0.25) is 0 Å². The molecule has 1 N–H and O–H groups in total. The molecule has 0 fully saturated rings. The lowest BCUT2D eigenvalue weighted by atomic mass is 10.1. The van der Waals surface area contributed by atoms with Gasteiger partial charge in [-0.05, 0) is 36.0 Å². The van der Waals surface area contributed by atoms with E-state index in [9.17, 15) is 14.9 Å². The lowest BCUT2D eigenvalue weighted by Crippen LogP contribution is -2.31. The van der Waals surface area contributed by atoms with Crippen molar-refractivity contribution in [3.8, 4) is 0 Å². The molecule has 5 nitrogen and oxygen atoms in total. The number of nitrogens with zero attached hydrogens (tertiary/aromatic N) is 1. The van der Waals surface area contributed by atoms with Crippen molar-refractivity contribution in [2.24, 2.45) is 0 Å². The Morgan fingerprint density at radius 2 is 2.00 bits per heavy atom. The molecule has 1 aromatic rings. The summed E-state index contributed by atoms with van der Waals surface area (Å²) in [6, 6.07) is 5.68. The number of benzene rings is 1. The summed E-state index contributed by atoms with van der Waals surface area (Å²) in [5.41, 5.74) is 0.778. The van der Waals surface area contributed by atoms with Crippen molar-refractivity contribution in [2.45, 2.75) is 6.04 Å². The molecule has 5 heteroatoms. The van der Waals surface area contributed by atoms with Crippen molar-refractivity contribution in [3.05, 3.63) is 70.4 Å². The lowest BCUT2D eigenvalue weighted by molar-refractivity contribution is -0.384. The van der Waals surface area contributed by atoms with Crippen LogP contribution < -0.4 is 5.32 Å². The number of rotatable bonds is 4. The summed E-state index contributed by atoms with van der Waals surface area (Å²) < 4.78 is 0. The van der Waals surface area contributed by atoms with Crippen LogP contribution in [0.4, 0.5) is 5.69 Å². The van der Waals surface area contributed by atoms with E-state index in [-0.39, 0.29) is 17.5 Å². The predicted molar refractivity (Wildman–Crippen MR) is 72.3 cm³/mol. The number of nitro groups is 1. The van der Waals surface area contributed by atoms with Crippen molar-refractivity contribution >= 4 is 17.5 Å². The van der Waals surface area contributed by atoms with E-state index >= 15 is 0 Å². The molecule has 0 amide bonds. The van der Waals surface area contributed by atoms with Crippen LogP contribution >= 0.6 is 0 Å². The Hall–Kier alpha value is -2.69. The minimum atomic E-state index is -0.457. The number of dihydropyridines is 1. The van der Waals surface area contributed by atoms with Gasteiger partial charge in [-0.3, -0.25) is 14.9 Å². The van der Waals surface area contributed by atoms with Crippen LogP contribution in [0.5, 0.6) is 0 Å². The maximum atomic E-state index is 11.8. The highest BCUT2D eigenvalue weighted by Crippen LogP contribution is 2.13. The number of carbonyl (C=O) groups excluding carboxylic acids is 1. The van der Waals surface area contributed by atoms with Gasteiger partial charge in [-0.2, -0.15) is 0 Å². The van der Waals surface area contributed by atoms with Gasteiger partial charge in [0, 0.05) is 12.1 Å². The number of hydrogen-bond acceptors (Lipinski definition) is 4. The zero-order valence-corrected chi connectivity index (χ0v) is 10.0. The van der Waals surface area contributed by atoms with Gasteiger partial charge < -0.3 is 5.32 Å². The van der Waals surface area contributed by atoms with Crippen LogP contribution in [0, 0.1) is 10.1 Å². The van der Waals surface area contributed by atoms with Gasteiger partial charge in [0.25, 0.3) is 5.69 Å². The predicted octanol–water partition coefficient (Wildman–Crippen LogP) is 2.22. The van der Waals surface area contributed by atoms with Crippen molar-refractivity contribution in [2.75, 3.05) is 0 Å². The molecule has 1 atom stereocenters. The van der Waals surface area contributed by atoms with Gasteiger partial charge in [0.05, 0.1) is 4.92 Å². The van der Waals surface area contributed by atoms with E-state index < -0.39 is 4.92 Å². The second-order valence-electron chi connectivity index (χ2n) is 3.97. The van der Waals surface area contributed by atoms with Gasteiger partial charge in [0.1, 0.15) is 6.04 Å². The number of nitrogens with one attached hydrogen (secondary N) is 1. The van der Waals surface area contributed by atoms with Crippen LogP contribution in [-0.4, -0.2) is 16.7 Å². The third-order valence-corrected chi connectivity index (χ3v) is 2.64. The highest BCUT2D eigenvalue weighted by atomic mass is 16.6. The zero-order valence-electron chi connectivity index (χ0n) is 10.0. The molecule has 0 aliphatic carbocycles. The number of hydrogen-bond donors (Lipinski definition) is 1. The number of ketones is 1. The molecule has 96 valence electrons. The molecule has 1 unspecified atom stereocenters. The number of non-ortho nitro benzene ring substituents is 1. The normalized spacial score (nSPS) is 17.4. The molecule has 0 saturated carbocycles. The summed E-state index contributed by atoms with van der Waals surface area (Å²) in [7, 11) is 0. The van der Waals surface area contributed by atoms with Crippen molar-refractivity contribution in [3.63, 3.8) is 0 Å². The van der Waals surface area contributed by atoms with E-state index in [1.54, 1.807) is 36.6 Å². The van der Waals surface area contributed by atoms with Crippen LogP contribution in [-0.2, 0) is 4.79 Å².